The predicted molar refractivity (Wildman–Crippen MR) is 80.2 cm³/mol. The maximum absolute atomic E-state index is 9.35. The highest BCUT2D eigenvalue weighted by Gasteiger charge is 2.53. The van der Waals surface area contributed by atoms with Crippen molar-refractivity contribution in [1.82, 2.24) is 14.8 Å². The van der Waals surface area contributed by atoms with Crippen LogP contribution < -0.4 is 5.73 Å². The van der Waals surface area contributed by atoms with Crippen LogP contribution in [0.4, 0.5) is 5.69 Å². The van der Waals surface area contributed by atoms with Gasteiger partial charge in [0.25, 0.3) is 0 Å². The van der Waals surface area contributed by atoms with E-state index in [-0.39, 0.29) is 10.8 Å². The van der Waals surface area contributed by atoms with Gasteiger partial charge in [-0.3, -0.25) is 0 Å². The second kappa shape index (κ2) is 4.59. The summed E-state index contributed by atoms with van der Waals surface area (Å²) in [6.07, 6.45) is 4.15. The lowest BCUT2D eigenvalue weighted by molar-refractivity contribution is 0.0891. The second-order valence-electron chi connectivity index (χ2n) is 6.47. The Kier molecular flexibility index (Phi) is 2.98. The van der Waals surface area contributed by atoms with Gasteiger partial charge in [0.2, 0.25) is 0 Å². The Morgan fingerprint density at radius 2 is 2.19 bits per heavy atom. The number of benzene rings is 1. The molecule has 1 aromatic carbocycles. The highest BCUT2D eigenvalue weighted by Crippen LogP contribution is 2.56. The van der Waals surface area contributed by atoms with Crippen LogP contribution in [0.2, 0.25) is 0 Å². The number of nitriles is 1. The van der Waals surface area contributed by atoms with Gasteiger partial charge in [0.1, 0.15) is 12.2 Å². The smallest absolute Gasteiger partial charge is 0.133 e. The first-order valence-corrected chi connectivity index (χ1v) is 7.07. The molecule has 1 aromatic heterocycles. The zero-order valence-corrected chi connectivity index (χ0v) is 12.4. The molecule has 0 aliphatic heterocycles. The first-order chi connectivity index (χ1) is 9.96. The molecule has 2 aromatic rings. The van der Waals surface area contributed by atoms with Crippen molar-refractivity contribution in [1.29, 1.82) is 5.26 Å². The fourth-order valence-electron chi connectivity index (χ4n) is 3.59. The summed E-state index contributed by atoms with van der Waals surface area (Å²) in [4.78, 5) is 0. The summed E-state index contributed by atoms with van der Waals surface area (Å²) in [7, 11) is 1.95. The second-order valence-corrected chi connectivity index (χ2v) is 6.47. The molecule has 0 unspecified atom stereocenters. The monoisotopic (exact) mass is 281 g/mol. The predicted octanol–water partition coefficient (Wildman–Crippen LogP) is 2.20. The molecular weight excluding hydrogens is 262 g/mol. The van der Waals surface area contributed by atoms with Gasteiger partial charge in [-0.15, -0.1) is 10.2 Å². The van der Waals surface area contributed by atoms with Gasteiger partial charge in [0.05, 0.1) is 11.5 Å². The van der Waals surface area contributed by atoms with Crippen LogP contribution in [0.1, 0.15) is 31.2 Å². The number of nitrogen functional groups attached to an aromatic ring is 1. The molecule has 108 valence electrons. The molecule has 21 heavy (non-hydrogen) atoms. The number of aryl methyl sites for hydroxylation is 1. The summed E-state index contributed by atoms with van der Waals surface area (Å²) in [5, 5.41) is 17.5. The summed E-state index contributed by atoms with van der Waals surface area (Å²) in [5.74, 6) is 0.942. The minimum atomic E-state index is -0.261. The Balaban J connectivity index is 1.98. The average molecular weight is 281 g/mol. The van der Waals surface area contributed by atoms with E-state index in [1.807, 2.05) is 36.7 Å². The number of anilines is 1. The molecule has 5 heteroatoms. The molecule has 1 saturated carbocycles. The molecule has 0 radical (unpaired) electrons. The van der Waals surface area contributed by atoms with Crippen LogP contribution in [-0.2, 0) is 18.9 Å². The number of nitrogens with zero attached hydrogens (tertiary/aromatic N) is 4. The topological polar surface area (TPSA) is 80.5 Å². The highest BCUT2D eigenvalue weighted by atomic mass is 15.2. The number of hydrogen-bond acceptors (Lipinski definition) is 4. The first kappa shape index (κ1) is 13.6. The van der Waals surface area contributed by atoms with Crippen LogP contribution in [0.3, 0.4) is 0 Å². The van der Waals surface area contributed by atoms with E-state index < -0.39 is 0 Å². The Bertz CT molecular complexity index is 703. The van der Waals surface area contributed by atoms with Crippen molar-refractivity contribution in [3.05, 3.63) is 42.0 Å². The molecular formula is C16H19N5. The molecule has 1 aliphatic rings. The molecule has 3 rings (SSSR count). The third-order valence-corrected chi connectivity index (χ3v) is 4.53. The Morgan fingerprint density at radius 3 is 2.76 bits per heavy atom. The zero-order chi connectivity index (χ0) is 15.1. The fraction of sp³-hybridized carbons (Fsp3) is 0.438. The normalized spacial score (nSPS) is 27.9. The average Bonchev–Trinajstić information content (AvgIpc) is 2.82. The van der Waals surface area contributed by atoms with Crippen LogP contribution in [-0.4, -0.2) is 14.8 Å². The van der Waals surface area contributed by atoms with Gasteiger partial charge in [-0.25, -0.2) is 0 Å². The van der Waals surface area contributed by atoms with E-state index in [4.69, 9.17) is 5.73 Å². The van der Waals surface area contributed by atoms with E-state index in [9.17, 15) is 5.26 Å². The summed E-state index contributed by atoms with van der Waals surface area (Å²) >= 11 is 0. The molecule has 1 heterocycles. The van der Waals surface area contributed by atoms with Crippen molar-refractivity contribution in [3.63, 3.8) is 0 Å². The van der Waals surface area contributed by atoms with Crippen LogP contribution in [0.5, 0.6) is 0 Å². The van der Waals surface area contributed by atoms with Gasteiger partial charge in [0.15, 0.2) is 0 Å². The van der Waals surface area contributed by atoms with E-state index in [0.717, 1.165) is 30.8 Å². The van der Waals surface area contributed by atoms with Crippen LogP contribution in [0.25, 0.3) is 0 Å². The van der Waals surface area contributed by atoms with Gasteiger partial charge in [-0.2, -0.15) is 5.26 Å². The number of aromatic nitrogens is 3. The van der Waals surface area contributed by atoms with Crippen molar-refractivity contribution in [2.24, 2.45) is 12.5 Å². The van der Waals surface area contributed by atoms with Gasteiger partial charge in [-0.05, 0) is 37.5 Å². The molecule has 1 aliphatic carbocycles. The van der Waals surface area contributed by atoms with Gasteiger partial charge < -0.3 is 10.3 Å². The van der Waals surface area contributed by atoms with E-state index in [1.165, 1.54) is 5.56 Å². The third kappa shape index (κ3) is 2.27. The van der Waals surface area contributed by atoms with Gasteiger partial charge in [-0.1, -0.05) is 12.1 Å². The van der Waals surface area contributed by atoms with Crippen molar-refractivity contribution in [3.8, 4) is 6.07 Å². The minimum absolute atomic E-state index is 0.0688. The highest BCUT2D eigenvalue weighted by molar-refractivity contribution is 5.45. The Labute approximate surface area is 124 Å². The van der Waals surface area contributed by atoms with Crippen molar-refractivity contribution in [2.45, 2.75) is 31.6 Å². The van der Waals surface area contributed by atoms with Gasteiger partial charge >= 0.3 is 0 Å². The quantitative estimate of drug-likeness (QED) is 0.875. The third-order valence-electron chi connectivity index (χ3n) is 4.53. The Morgan fingerprint density at radius 1 is 1.43 bits per heavy atom. The fourth-order valence-corrected chi connectivity index (χ4v) is 3.59. The molecule has 1 fully saturated rings. The summed E-state index contributed by atoms with van der Waals surface area (Å²) in [6, 6.07) is 10.4. The van der Waals surface area contributed by atoms with E-state index >= 15 is 0 Å². The first-order valence-electron chi connectivity index (χ1n) is 7.07. The Hall–Kier alpha value is -2.35. The molecule has 0 saturated heterocycles. The van der Waals surface area contributed by atoms with E-state index in [0.29, 0.717) is 0 Å². The standard InChI is InChI=1S/C16H19N5/c1-15(10-17)8-16(9-15,7-14-20-19-11-21(14)2)12-4-3-5-13(18)6-12/h3-6,11H,7-9,18H2,1-2H3. The van der Waals surface area contributed by atoms with Crippen LogP contribution in [0, 0.1) is 16.7 Å². The lowest BCUT2D eigenvalue weighted by Crippen LogP contribution is -2.49. The van der Waals surface area contributed by atoms with Gasteiger partial charge in [0, 0.05) is 24.6 Å². The number of hydrogen-bond donors (Lipinski definition) is 1. The molecule has 0 atom stereocenters. The van der Waals surface area contributed by atoms with Crippen molar-refractivity contribution >= 4 is 5.69 Å². The largest absolute Gasteiger partial charge is 0.399 e. The van der Waals surface area contributed by atoms with Crippen LogP contribution >= 0.6 is 0 Å². The van der Waals surface area contributed by atoms with E-state index in [2.05, 4.69) is 22.3 Å². The van der Waals surface area contributed by atoms with Crippen molar-refractivity contribution < 1.29 is 0 Å². The lowest BCUT2D eigenvalue weighted by Gasteiger charge is -2.51. The van der Waals surface area contributed by atoms with Crippen molar-refractivity contribution in [2.75, 3.05) is 5.73 Å². The molecule has 0 amide bonds. The van der Waals surface area contributed by atoms with E-state index in [1.54, 1.807) is 6.33 Å². The van der Waals surface area contributed by atoms with Crippen LogP contribution in [0.15, 0.2) is 30.6 Å². The summed E-state index contributed by atoms with van der Waals surface area (Å²) in [6.45, 7) is 2.02. The maximum atomic E-state index is 9.35. The summed E-state index contributed by atoms with van der Waals surface area (Å²) < 4.78 is 1.94. The zero-order valence-electron chi connectivity index (χ0n) is 12.4. The molecule has 0 bridgehead atoms. The number of nitrogens with two attached hydrogens (primary N) is 1. The lowest BCUT2D eigenvalue weighted by atomic mass is 9.50. The number of rotatable bonds is 3. The SMILES string of the molecule is Cn1cnnc1CC1(c2cccc(N)c2)CC(C)(C#N)C1. The summed E-state index contributed by atoms with van der Waals surface area (Å²) in [5.41, 5.74) is 7.56. The molecule has 5 nitrogen and oxygen atoms in total. The maximum Gasteiger partial charge on any atom is 0.133 e. The molecule has 0 spiro atoms. The minimum Gasteiger partial charge on any atom is -0.399 e. The molecule has 2 N–H and O–H groups in total.